The number of aliphatic hydroxyl groups is 1. The average Bonchev–Trinajstić information content (AvgIpc) is 3.32. The number of carbonyl (C=O) groups excluding carboxylic acids is 1. The average molecular weight is 457 g/mol. The molecule has 0 fully saturated rings. The van der Waals surface area contributed by atoms with Gasteiger partial charge in [0.25, 0.3) is 5.91 Å². The number of rotatable bonds is 5. The summed E-state index contributed by atoms with van der Waals surface area (Å²) in [5.41, 5.74) is 5.44. The largest absolute Gasteiger partial charge is 0.491 e. The first-order valence-corrected chi connectivity index (χ1v) is 11.8. The third-order valence-electron chi connectivity index (χ3n) is 5.97. The fourth-order valence-electron chi connectivity index (χ4n) is 4.32. The Morgan fingerprint density at radius 1 is 0.970 bits per heavy atom. The second kappa shape index (κ2) is 9.57. The van der Waals surface area contributed by atoms with E-state index in [0.717, 1.165) is 28.0 Å². The molecule has 4 aromatic rings. The van der Waals surface area contributed by atoms with Gasteiger partial charge in [-0.15, -0.1) is 11.3 Å². The summed E-state index contributed by atoms with van der Waals surface area (Å²) in [4.78, 5) is 19.3. The molecule has 0 radical (unpaired) electrons. The highest BCUT2D eigenvalue weighted by Crippen LogP contribution is 2.38. The van der Waals surface area contributed by atoms with Crippen molar-refractivity contribution in [1.29, 1.82) is 0 Å². The van der Waals surface area contributed by atoms with Crippen LogP contribution in [0.2, 0.25) is 0 Å². The molecule has 33 heavy (non-hydrogen) atoms. The Labute approximate surface area is 196 Å². The van der Waals surface area contributed by atoms with Crippen molar-refractivity contribution in [1.82, 2.24) is 9.88 Å². The van der Waals surface area contributed by atoms with Crippen LogP contribution in [-0.4, -0.2) is 34.0 Å². The molecule has 0 spiro atoms. The lowest BCUT2D eigenvalue weighted by Gasteiger charge is -2.25. The number of thiazole rings is 1. The number of fused-ring (bicyclic) bond motifs is 1. The standard InChI is InChI=1S/C27H24N2O3S/c30-26(25(19-7-3-1-4-8-19)20-9-5-2-6-10-20)21-11-12-23-22(15-21)17-29(13-14-32-23)27(31)24-16-28-18-33-24/h1-12,15-16,18,25-26,30H,13-14,17H2. The van der Waals surface area contributed by atoms with Gasteiger partial charge in [0, 0.05) is 18.0 Å². The Morgan fingerprint density at radius 3 is 2.30 bits per heavy atom. The minimum atomic E-state index is -0.756. The Hall–Kier alpha value is -3.48. The number of ether oxygens (including phenoxy) is 1. The first-order chi connectivity index (χ1) is 16.2. The molecule has 1 aliphatic rings. The first-order valence-electron chi connectivity index (χ1n) is 10.9. The van der Waals surface area contributed by atoms with Gasteiger partial charge >= 0.3 is 0 Å². The summed E-state index contributed by atoms with van der Waals surface area (Å²) in [6, 6.07) is 25.9. The Bertz CT molecular complexity index is 1170. The lowest BCUT2D eigenvalue weighted by molar-refractivity contribution is 0.0738. The Balaban J connectivity index is 1.48. The van der Waals surface area contributed by atoms with Gasteiger partial charge in [-0.25, -0.2) is 0 Å². The molecule has 0 bridgehead atoms. The molecule has 1 N–H and O–H groups in total. The van der Waals surface area contributed by atoms with Crippen LogP contribution in [0.1, 0.15) is 43.9 Å². The first kappa shape index (κ1) is 21.4. The highest BCUT2D eigenvalue weighted by Gasteiger charge is 2.27. The predicted molar refractivity (Wildman–Crippen MR) is 128 cm³/mol. The van der Waals surface area contributed by atoms with Crippen molar-refractivity contribution in [3.05, 3.63) is 118 Å². The number of benzene rings is 3. The summed E-state index contributed by atoms with van der Waals surface area (Å²) < 4.78 is 5.92. The van der Waals surface area contributed by atoms with Gasteiger partial charge in [0.05, 0.1) is 24.4 Å². The number of hydrogen-bond donors (Lipinski definition) is 1. The summed E-state index contributed by atoms with van der Waals surface area (Å²) in [5.74, 6) is 0.486. The van der Waals surface area contributed by atoms with Crippen molar-refractivity contribution in [2.75, 3.05) is 13.2 Å². The predicted octanol–water partition coefficient (Wildman–Crippen LogP) is 5.04. The molecule has 166 valence electrons. The summed E-state index contributed by atoms with van der Waals surface area (Å²) in [6.07, 6.45) is 0.846. The molecule has 0 saturated heterocycles. The van der Waals surface area contributed by atoms with E-state index in [2.05, 4.69) is 4.98 Å². The van der Waals surface area contributed by atoms with Crippen LogP contribution < -0.4 is 4.74 Å². The van der Waals surface area contributed by atoms with Gasteiger partial charge in [-0.3, -0.25) is 9.78 Å². The molecule has 3 aromatic carbocycles. The number of nitrogens with zero attached hydrogens (tertiary/aromatic N) is 2. The van der Waals surface area contributed by atoms with Crippen LogP contribution >= 0.6 is 11.3 Å². The molecule has 1 amide bonds. The van der Waals surface area contributed by atoms with Gasteiger partial charge in [-0.1, -0.05) is 66.7 Å². The zero-order chi connectivity index (χ0) is 22.6. The van der Waals surface area contributed by atoms with Gasteiger partial charge in [-0.2, -0.15) is 0 Å². The second-order valence-corrected chi connectivity index (χ2v) is 8.94. The molecule has 1 unspecified atom stereocenters. The number of aromatic nitrogens is 1. The molecule has 5 rings (SSSR count). The Kier molecular flexibility index (Phi) is 6.19. The fourth-order valence-corrected chi connectivity index (χ4v) is 4.91. The molecule has 1 aliphatic heterocycles. The maximum absolute atomic E-state index is 12.9. The lowest BCUT2D eigenvalue weighted by atomic mass is 9.83. The van der Waals surface area contributed by atoms with Crippen LogP contribution in [0.4, 0.5) is 0 Å². The fraction of sp³-hybridized carbons (Fsp3) is 0.185. The highest BCUT2D eigenvalue weighted by atomic mass is 32.1. The Morgan fingerprint density at radius 2 is 1.67 bits per heavy atom. The summed E-state index contributed by atoms with van der Waals surface area (Å²) >= 11 is 1.34. The topological polar surface area (TPSA) is 62.7 Å². The molecule has 5 nitrogen and oxygen atoms in total. The SMILES string of the molecule is O=C(c1cncs1)N1CCOc2ccc(C(O)C(c3ccccc3)c3ccccc3)cc2C1. The normalized spacial score (nSPS) is 14.3. The number of aliphatic hydroxyl groups excluding tert-OH is 1. The molecule has 2 heterocycles. The van der Waals surface area contributed by atoms with Crippen molar-refractivity contribution in [2.24, 2.45) is 0 Å². The van der Waals surface area contributed by atoms with E-state index in [4.69, 9.17) is 4.74 Å². The quantitative estimate of drug-likeness (QED) is 0.457. The van der Waals surface area contributed by atoms with Crippen LogP contribution in [0.15, 0.2) is 90.6 Å². The highest BCUT2D eigenvalue weighted by molar-refractivity contribution is 7.11. The zero-order valence-electron chi connectivity index (χ0n) is 18.0. The van der Waals surface area contributed by atoms with Gasteiger partial charge in [0.15, 0.2) is 0 Å². The van der Waals surface area contributed by atoms with Crippen LogP contribution in [0.3, 0.4) is 0 Å². The third-order valence-corrected chi connectivity index (χ3v) is 6.73. The van der Waals surface area contributed by atoms with Gasteiger partial charge in [0.2, 0.25) is 0 Å². The summed E-state index contributed by atoms with van der Waals surface area (Å²) in [5, 5.41) is 11.6. The van der Waals surface area contributed by atoms with Crippen molar-refractivity contribution < 1.29 is 14.6 Å². The van der Waals surface area contributed by atoms with E-state index in [1.165, 1.54) is 11.3 Å². The molecule has 1 aromatic heterocycles. The van der Waals surface area contributed by atoms with Crippen LogP contribution in [0.5, 0.6) is 5.75 Å². The van der Waals surface area contributed by atoms with E-state index >= 15 is 0 Å². The number of amides is 1. The summed E-state index contributed by atoms with van der Waals surface area (Å²) in [7, 11) is 0. The van der Waals surface area contributed by atoms with Crippen LogP contribution in [-0.2, 0) is 6.54 Å². The lowest BCUT2D eigenvalue weighted by Crippen LogP contribution is -2.32. The molecule has 6 heteroatoms. The molecule has 0 saturated carbocycles. The monoisotopic (exact) mass is 456 g/mol. The molecule has 1 atom stereocenters. The van der Waals surface area contributed by atoms with Gasteiger partial charge in [-0.05, 0) is 28.8 Å². The maximum atomic E-state index is 12.9. The smallest absolute Gasteiger partial charge is 0.265 e. The van der Waals surface area contributed by atoms with E-state index in [0.29, 0.717) is 24.6 Å². The third kappa shape index (κ3) is 4.53. The minimum Gasteiger partial charge on any atom is -0.491 e. The van der Waals surface area contributed by atoms with Gasteiger partial charge in [0.1, 0.15) is 17.2 Å². The van der Waals surface area contributed by atoms with Crippen LogP contribution in [0.25, 0.3) is 0 Å². The zero-order valence-corrected chi connectivity index (χ0v) is 18.8. The van der Waals surface area contributed by atoms with Crippen molar-refractivity contribution in [3.8, 4) is 5.75 Å². The van der Waals surface area contributed by atoms with E-state index in [1.54, 1.807) is 16.6 Å². The molecular weight excluding hydrogens is 432 g/mol. The maximum Gasteiger partial charge on any atom is 0.265 e. The van der Waals surface area contributed by atoms with Crippen molar-refractivity contribution in [2.45, 2.75) is 18.6 Å². The van der Waals surface area contributed by atoms with Gasteiger partial charge < -0.3 is 14.7 Å². The van der Waals surface area contributed by atoms with E-state index < -0.39 is 6.10 Å². The van der Waals surface area contributed by atoms with E-state index in [1.807, 2.05) is 78.9 Å². The molecular formula is C27H24N2O3S. The van der Waals surface area contributed by atoms with Crippen molar-refractivity contribution in [3.63, 3.8) is 0 Å². The summed E-state index contributed by atoms with van der Waals surface area (Å²) in [6.45, 7) is 1.35. The van der Waals surface area contributed by atoms with Crippen molar-refractivity contribution >= 4 is 17.2 Å². The van der Waals surface area contributed by atoms with E-state index in [-0.39, 0.29) is 11.8 Å². The molecule has 0 aliphatic carbocycles. The van der Waals surface area contributed by atoms with E-state index in [9.17, 15) is 9.90 Å². The minimum absolute atomic E-state index is 0.0497. The van der Waals surface area contributed by atoms with Crippen LogP contribution in [0, 0.1) is 0 Å². The number of carbonyl (C=O) groups is 1. The second-order valence-electron chi connectivity index (χ2n) is 8.05. The number of hydrogen-bond acceptors (Lipinski definition) is 5.